The third-order valence-corrected chi connectivity index (χ3v) is 4.30. The van der Waals surface area contributed by atoms with Crippen LogP contribution < -0.4 is 0 Å². The molecule has 0 unspecified atom stereocenters. The summed E-state index contributed by atoms with van der Waals surface area (Å²) in [7, 11) is 0. The summed E-state index contributed by atoms with van der Waals surface area (Å²) in [5.41, 5.74) is 0.508. The summed E-state index contributed by atoms with van der Waals surface area (Å²) in [6.45, 7) is 0.909. The Morgan fingerprint density at radius 1 is 1.25 bits per heavy atom. The maximum atomic E-state index is 12.5. The van der Waals surface area contributed by atoms with Gasteiger partial charge in [0.05, 0.1) is 6.54 Å². The van der Waals surface area contributed by atoms with Gasteiger partial charge >= 0.3 is 5.97 Å². The Bertz CT molecular complexity index is 531. The number of aromatic nitrogens is 1. The summed E-state index contributed by atoms with van der Waals surface area (Å²) in [4.78, 5) is 25.3. The molecule has 20 heavy (non-hydrogen) atoms. The standard InChI is InChI=1S/C14H18N2O4/c17-13(9-4-2-1-3-5-9)16-7-6-11-10(8-16)12(14(18)19)15-20-11/h9H,1-8H2,(H,18,19). The molecule has 1 saturated carbocycles. The molecule has 1 aromatic rings. The number of carbonyl (C=O) groups excluding carboxylic acids is 1. The van der Waals surface area contributed by atoms with Crippen LogP contribution in [0.4, 0.5) is 0 Å². The van der Waals surface area contributed by atoms with E-state index in [9.17, 15) is 9.59 Å². The Morgan fingerprint density at radius 3 is 2.70 bits per heavy atom. The number of fused-ring (bicyclic) bond motifs is 1. The van der Waals surface area contributed by atoms with Crippen molar-refractivity contribution in [2.75, 3.05) is 6.54 Å². The average Bonchev–Trinajstić information content (AvgIpc) is 2.90. The number of aromatic carboxylic acids is 1. The largest absolute Gasteiger partial charge is 0.476 e. The summed E-state index contributed by atoms with van der Waals surface area (Å²) < 4.78 is 5.05. The number of carboxylic acid groups (broad SMARTS) is 1. The molecular formula is C14H18N2O4. The number of carboxylic acids is 1. The minimum atomic E-state index is -1.10. The van der Waals surface area contributed by atoms with Crippen molar-refractivity contribution in [3.63, 3.8) is 0 Å². The first-order chi connectivity index (χ1) is 9.66. The molecule has 0 spiro atoms. The van der Waals surface area contributed by atoms with Gasteiger partial charge < -0.3 is 14.5 Å². The molecule has 108 valence electrons. The molecule has 1 aromatic heterocycles. The molecule has 1 aliphatic carbocycles. The summed E-state index contributed by atoms with van der Waals surface area (Å²) in [6.07, 6.45) is 5.90. The summed E-state index contributed by atoms with van der Waals surface area (Å²) >= 11 is 0. The molecule has 0 atom stereocenters. The Hall–Kier alpha value is -1.85. The van der Waals surface area contributed by atoms with E-state index >= 15 is 0 Å². The molecule has 6 heteroatoms. The fourth-order valence-corrected chi connectivity index (χ4v) is 3.17. The molecule has 2 aliphatic rings. The highest BCUT2D eigenvalue weighted by atomic mass is 16.5. The summed E-state index contributed by atoms with van der Waals surface area (Å²) in [6, 6.07) is 0. The lowest BCUT2D eigenvalue weighted by Gasteiger charge is -2.31. The molecule has 0 aromatic carbocycles. The molecule has 1 fully saturated rings. The molecule has 1 amide bonds. The lowest BCUT2D eigenvalue weighted by Crippen LogP contribution is -2.40. The van der Waals surface area contributed by atoms with E-state index in [1.165, 1.54) is 6.42 Å². The fourth-order valence-electron chi connectivity index (χ4n) is 3.17. The van der Waals surface area contributed by atoms with Crippen LogP contribution in [-0.4, -0.2) is 33.6 Å². The number of hydrogen-bond acceptors (Lipinski definition) is 4. The zero-order valence-corrected chi connectivity index (χ0v) is 11.3. The van der Waals surface area contributed by atoms with E-state index in [2.05, 4.69) is 5.16 Å². The van der Waals surface area contributed by atoms with Crippen LogP contribution in [0.2, 0.25) is 0 Å². The third kappa shape index (κ3) is 2.30. The van der Waals surface area contributed by atoms with Gasteiger partial charge in [0.1, 0.15) is 5.76 Å². The topological polar surface area (TPSA) is 83.6 Å². The first-order valence-electron chi connectivity index (χ1n) is 7.16. The van der Waals surface area contributed by atoms with Crippen molar-refractivity contribution in [2.45, 2.75) is 45.1 Å². The first-order valence-corrected chi connectivity index (χ1v) is 7.16. The van der Waals surface area contributed by atoms with Gasteiger partial charge in [0.2, 0.25) is 5.91 Å². The highest BCUT2D eigenvalue weighted by Gasteiger charge is 2.32. The average molecular weight is 278 g/mol. The number of hydrogen-bond donors (Lipinski definition) is 1. The quantitative estimate of drug-likeness (QED) is 0.892. The third-order valence-electron chi connectivity index (χ3n) is 4.30. The van der Waals surface area contributed by atoms with E-state index in [1.54, 1.807) is 4.90 Å². The monoisotopic (exact) mass is 278 g/mol. The zero-order chi connectivity index (χ0) is 14.1. The molecule has 6 nitrogen and oxygen atoms in total. The van der Waals surface area contributed by atoms with Crippen LogP contribution >= 0.6 is 0 Å². The molecular weight excluding hydrogens is 260 g/mol. The second-order valence-corrected chi connectivity index (χ2v) is 5.58. The SMILES string of the molecule is O=C(O)c1noc2c1CN(C(=O)C1CCCCC1)CC2. The van der Waals surface area contributed by atoms with Crippen molar-refractivity contribution in [1.82, 2.24) is 10.1 Å². The van der Waals surface area contributed by atoms with Crippen LogP contribution in [0.5, 0.6) is 0 Å². The van der Waals surface area contributed by atoms with E-state index in [0.717, 1.165) is 25.7 Å². The van der Waals surface area contributed by atoms with E-state index in [-0.39, 0.29) is 17.5 Å². The number of nitrogens with zero attached hydrogens (tertiary/aromatic N) is 2. The van der Waals surface area contributed by atoms with Gasteiger partial charge in [0, 0.05) is 24.4 Å². The minimum absolute atomic E-state index is 0.0545. The van der Waals surface area contributed by atoms with Crippen LogP contribution in [0.15, 0.2) is 4.52 Å². The Labute approximate surface area is 116 Å². The van der Waals surface area contributed by atoms with Crippen molar-refractivity contribution in [3.05, 3.63) is 17.0 Å². The van der Waals surface area contributed by atoms with Crippen molar-refractivity contribution >= 4 is 11.9 Å². The second kappa shape index (κ2) is 5.26. The molecule has 1 N–H and O–H groups in total. The Morgan fingerprint density at radius 2 is 2.00 bits per heavy atom. The highest BCUT2D eigenvalue weighted by molar-refractivity contribution is 5.87. The lowest BCUT2D eigenvalue weighted by atomic mass is 9.87. The van der Waals surface area contributed by atoms with E-state index in [1.807, 2.05) is 0 Å². The van der Waals surface area contributed by atoms with Crippen LogP contribution in [-0.2, 0) is 17.8 Å². The molecule has 0 bridgehead atoms. The normalized spacial score (nSPS) is 19.7. The van der Waals surface area contributed by atoms with Crippen LogP contribution in [0.1, 0.15) is 53.9 Å². The molecule has 1 aliphatic heterocycles. The first kappa shape index (κ1) is 13.1. The second-order valence-electron chi connectivity index (χ2n) is 5.58. The van der Waals surface area contributed by atoms with Crippen molar-refractivity contribution < 1.29 is 19.2 Å². The number of rotatable bonds is 2. The van der Waals surface area contributed by atoms with E-state index < -0.39 is 5.97 Å². The van der Waals surface area contributed by atoms with Gasteiger partial charge in [-0.3, -0.25) is 4.79 Å². The Kier molecular flexibility index (Phi) is 3.46. The van der Waals surface area contributed by atoms with E-state index in [0.29, 0.717) is 30.8 Å². The lowest BCUT2D eigenvalue weighted by molar-refractivity contribution is -0.137. The summed E-state index contributed by atoms with van der Waals surface area (Å²) in [5, 5.41) is 12.7. The van der Waals surface area contributed by atoms with Crippen LogP contribution in [0, 0.1) is 5.92 Å². The van der Waals surface area contributed by atoms with Crippen molar-refractivity contribution in [1.29, 1.82) is 0 Å². The van der Waals surface area contributed by atoms with Crippen molar-refractivity contribution in [3.8, 4) is 0 Å². The van der Waals surface area contributed by atoms with Gasteiger partial charge in [0.25, 0.3) is 0 Å². The van der Waals surface area contributed by atoms with Gasteiger partial charge in [-0.05, 0) is 12.8 Å². The predicted molar refractivity (Wildman–Crippen MR) is 69.2 cm³/mol. The fraction of sp³-hybridized carbons (Fsp3) is 0.643. The Balaban J connectivity index is 1.75. The van der Waals surface area contributed by atoms with Crippen LogP contribution in [0.25, 0.3) is 0 Å². The van der Waals surface area contributed by atoms with Crippen molar-refractivity contribution in [2.24, 2.45) is 5.92 Å². The molecule has 0 saturated heterocycles. The predicted octanol–water partition coefficient (Wildman–Crippen LogP) is 1.84. The van der Waals surface area contributed by atoms with Gasteiger partial charge in [-0.1, -0.05) is 24.4 Å². The van der Waals surface area contributed by atoms with Gasteiger partial charge in [-0.15, -0.1) is 0 Å². The van der Waals surface area contributed by atoms with E-state index in [4.69, 9.17) is 9.63 Å². The minimum Gasteiger partial charge on any atom is -0.476 e. The number of carbonyl (C=O) groups is 2. The molecule has 0 radical (unpaired) electrons. The van der Waals surface area contributed by atoms with Gasteiger partial charge in [-0.25, -0.2) is 4.79 Å². The molecule has 3 rings (SSSR count). The maximum absolute atomic E-state index is 12.5. The number of amides is 1. The summed E-state index contributed by atoms with van der Waals surface area (Å²) in [5.74, 6) is -0.219. The zero-order valence-electron chi connectivity index (χ0n) is 11.3. The highest BCUT2D eigenvalue weighted by Crippen LogP contribution is 2.29. The van der Waals surface area contributed by atoms with Gasteiger partial charge in [0.15, 0.2) is 5.69 Å². The maximum Gasteiger partial charge on any atom is 0.358 e. The van der Waals surface area contributed by atoms with Gasteiger partial charge in [-0.2, -0.15) is 0 Å². The van der Waals surface area contributed by atoms with Crippen LogP contribution in [0.3, 0.4) is 0 Å². The molecule has 2 heterocycles. The smallest absolute Gasteiger partial charge is 0.358 e.